The molecule has 3 aromatic rings. The van der Waals surface area contributed by atoms with Gasteiger partial charge < -0.3 is 4.90 Å². The van der Waals surface area contributed by atoms with Gasteiger partial charge in [-0.2, -0.15) is 0 Å². The van der Waals surface area contributed by atoms with Crippen molar-refractivity contribution >= 4 is 23.4 Å². The summed E-state index contributed by atoms with van der Waals surface area (Å²) in [6.45, 7) is 4.40. The van der Waals surface area contributed by atoms with E-state index in [1.54, 1.807) is 18.0 Å². The van der Waals surface area contributed by atoms with Crippen molar-refractivity contribution in [3.05, 3.63) is 73.3 Å². The molecule has 0 fully saturated rings. The van der Waals surface area contributed by atoms with Gasteiger partial charge in [-0.25, -0.2) is 0 Å². The summed E-state index contributed by atoms with van der Waals surface area (Å²) in [5.74, 6) is 1.07. The van der Waals surface area contributed by atoms with Crippen LogP contribution in [0.4, 0.5) is 5.69 Å². The van der Waals surface area contributed by atoms with Gasteiger partial charge in [-0.15, -0.1) is 16.8 Å². The number of benzene rings is 2. The Balaban J connectivity index is 1.75. The SMILES string of the molecule is C=CCn1c(SCC(=O)N(C)c2ccccc2)nnc1-c1ccccc1. The quantitative estimate of drug-likeness (QED) is 0.471. The first kappa shape index (κ1) is 17.9. The minimum Gasteiger partial charge on any atom is -0.315 e. The molecule has 0 aliphatic rings. The first-order valence-electron chi connectivity index (χ1n) is 8.24. The van der Waals surface area contributed by atoms with Crippen molar-refractivity contribution in [3.63, 3.8) is 0 Å². The molecule has 0 atom stereocenters. The summed E-state index contributed by atoms with van der Waals surface area (Å²) in [5.41, 5.74) is 1.86. The number of hydrogen-bond acceptors (Lipinski definition) is 4. The van der Waals surface area contributed by atoms with E-state index in [1.165, 1.54) is 11.8 Å². The van der Waals surface area contributed by atoms with Crippen LogP contribution in [0.15, 0.2) is 78.5 Å². The highest BCUT2D eigenvalue weighted by atomic mass is 32.2. The number of nitrogens with zero attached hydrogens (tertiary/aromatic N) is 4. The smallest absolute Gasteiger partial charge is 0.237 e. The second-order valence-electron chi connectivity index (χ2n) is 5.65. The third-order valence-corrected chi connectivity index (χ3v) is 4.85. The Morgan fingerprint density at radius 3 is 2.42 bits per heavy atom. The molecule has 0 aliphatic heterocycles. The Bertz CT molecular complexity index is 877. The fraction of sp³-hybridized carbons (Fsp3) is 0.150. The number of amides is 1. The molecule has 0 N–H and O–H groups in total. The molecule has 5 nitrogen and oxygen atoms in total. The Labute approximate surface area is 157 Å². The van der Waals surface area contributed by atoms with Crippen molar-refractivity contribution in [1.29, 1.82) is 0 Å². The predicted octanol–water partition coefficient (Wildman–Crippen LogP) is 3.89. The number of allylic oxidation sites excluding steroid dienone is 1. The summed E-state index contributed by atoms with van der Waals surface area (Å²) < 4.78 is 1.97. The summed E-state index contributed by atoms with van der Waals surface area (Å²) in [6, 6.07) is 19.5. The molecule has 0 spiro atoms. The number of anilines is 1. The second kappa shape index (κ2) is 8.49. The Hall–Kier alpha value is -2.86. The van der Waals surface area contributed by atoms with E-state index >= 15 is 0 Å². The largest absolute Gasteiger partial charge is 0.315 e. The van der Waals surface area contributed by atoms with Gasteiger partial charge >= 0.3 is 0 Å². The van der Waals surface area contributed by atoms with E-state index in [0.717, 1.165) is 17.1 Å². The highest BCUT2D eigenvalue weighted by Crippen LogP contribution is 2.24. The Kier molecular flexibility index (Phi) is 5.86. The monoisotopic (exact) mass is 364 g/mol. The van der Waals surface area contributed by atoms with Gasteiger partial charge in [0.2, 0.25) is 5.91 Å². The average Bonchev–Trinajstić information content (AvgIpc) is 3.10. The molecule has 1 aromatic heterocycles. The number of rotatable bonds is 7. The van der Waals surface area contributed by atoms with E-state index in [9.17, 15) is 4.79 Å². The van der Waals surface area contributed by atoms with Crippen LogP contribution in [0.1, 0.15) is 0 Å². The van der Waals surface area contributed by atoms with Gasteiger partial charge in [-0.05, 0) is 12.1 Å². The summed E-state index contributed by atoms with van der Waals surface area (Å²) in [7, 11) is 1.78. The number of carbonyl (C=O) groups is 1. The zero-order chi connectivity index (χ0) is 18.4. The molecule has 0 saturated carbocycles. The Morgan fingerprint density at radius 1 is 1.12 bits per heavy atom. The van der Waals surface area contributed by atoms with Gasteiger partial charge in [-0.3, -0.25) is 9.36 Å². The van der Waals surface area contributed by atoms with Gasteiger partial charge in [0.15, 0.2) is 11.0 Å². The van der Waals surface area contributed by atoms with Crippen LogP contribution in [0.2, 0.25) is 0 Å². The van der Waals surface area contributed by atoms with E-state index in [4.69, 9.17) is 0 Å². The summed E-state index contributed by atoms with van der Waals surface area (Å²) >= 11 is 1.38. The van der Waals surface area contributed by atoms with Crippen LogP contribution in [0.25, 0.3) is 11.4 Å². The van der Waals surface area contributed by atoms with Crippen LogP contribution in [0, 0.1) is 0 Å². The average molecular weight is 364 g/mol. The van der Waals surface area contributed by atoms with Crippen molar-refractivity contribution in [3.8, 4) is 11.4 Å². The summed E-state index contributed by atoms with van der Waals surface area (Å²) in [4.78, 5) is 14.1. The van der Waals surface area contributed by atoms with Crippen molar-refractivity contribution in [2.24, 2.45) is 0 Å². The fourth-order valence-corrected chi connectivity index (χ4v) is 3.37. The minimum atomic E-state index is 0.00983. The molecular weight excluding hydrogens is 344 g/mol. The first-order valence-corrected chi connectivity index (χ1v) is 9.23. The molecule has 3 rings (SSSR count). The third kappa shape index (κ3) is 4.03. The Morgan fingerprint density at radius 2 is 1.77 bits per heavy atom. The molecule has 0 radical (unpaired) electrons. The predicted molar refractivity (Wildman–Crippen MR) is 106 cm³/mol. The molecule has 1 heterocycles. The number of thioether (sulfide) groups is 1. The van der Waals surface area contributed by atoms with Crippen molar-refractivity contribution in [1.82, 2.24) is 14.8 Å². The lowest BCUT2D eigenvalue weighted by atomic mass is 10.2. The van der Waals surface area contributed by atoms with Gasteiger partial charge in [0, 0.05) is 24.8 Å². The molecule has 0 unspecified atom stereocenters. The molecular formula is C20H20N4OS. The van der Waals surface area contributed by atoms with Crippen LogP contribution >= 0.6 is 11.8 Å². The molecule has 2 aromatic carbocycles. The molecule has 0 bridgehead atoms. The molecule has 26 heavy (non-hydrogen) atoms. The zero-order valence-electron chi connectivity index (χ0n) is 14.6. The molecule has 0 aliphatic carbocycles. The normalized spacial score (nSPS) is 10.5. The fourth-order valence-electron chi connectivity index (χ4n) is 2.51. The van der Waals surface area contributed by atoms with Crippen molar-refractivity contribution in [2.75, 3.05) is 17.7 Å². The number of aromatic nitrogens is 3. The van der Waals surface area contributed by atoms with Gasteiger partial charge in [0.1, 0.15) is 0 Å². The van der Waals surface area contributed by atoms with E-state index in [0.29, 0.717) is 11.7 Å². The third-order valence-electron chi connectivity index (χ3n) is 3.90. The van der Waals surface area contributed by atoms with Crippen molar-refractivity contribution in [2.45, 2.75) is 11.7 Å². The maximum Gasteiger partial charge on any atom is 0.237 e. The van der Waals surface area contributed by atoms with Gasteiger partial charge in [-0.1, -0.05) is 66.4 Å². The maximum atomic E-state index is 12.5. The molecule has 132 valence electrons. The number of carbonyl (C=O) groups excluding carboxylic acids is 1. The van der Waals surface area contributed by atoms with Crippen molar-refractivity contribution < 1.29 is 4.79 Å². The van der Waals surface area contributed by atoms with Crippen LogP contribution in [-0.4, -0.2) is 33.5 Å². The highest BCUT2D eigenvalue weighted by Gasteiger charge is 2.16. The lowest BCUT2D eigenvalue weighted by Crippen LogP contribution is -2.27. The minimum absolute atomic E-state index is 0.00983. The second-order valence-corrected chi connectivity index (χ2v) is 6.59. The van der Waals surface area contributed by atoms with Crippen LogP contribution in [-0.2, 0) is 11.3 Å². The van der Waals surface area contributed by atoms with E-state index < -0.39 is 0 Å². The maximum absolute atomic E-state index is 12.5. The van der Waals surface area contributed by atoms with E-state index in [2.05, 4.69) is 16.8 Å². The van der Waals surface area contributed by atoms with E-state index in [1.807, 2.05) is 65.2 Å². The molecule has 0 saturated heterocycles. The van der Waals surface area contributed by atoms with Gasteiger partial charge in [0.05, 0.1) is 5.75 Å². The standard InChI is InChI=1S/C20H20N4OS/c1-3-14-24-19(16-10-6-4-7-11-16)21-22-20(24)26-15-18(25)23(2)17-12-8-5-9-13-17/h3-13H,1,14-15H2,2H3. The lowest BCUT2D eigenvalue weighted by Gasteiger charge is -2.16. The zero-order valence-corrected chi connectivity index (χ0v) is 15.4. The van der Waals surface area contributed by atoms with Crippen LogP contribution in [0.3, 0.4) is 0 Å². The molecule has 1 amide bonds. The first-order chi connectivity index (χ1) is 12.7. The highest BCUT2D eigenvalue weighted by molar-refractivity contribution is 7.99. The summed E-state index contributed by atoms with van der Waals surface area (Å²) in [5, 5.41) is 9.28. The molecule has 6 heteroatoms. The number of hydrogen-bond donors (Lipinski definition) is 0. The van der Waals surface area contributed by atoms with Crippen LogP contribution < -0.4 is 4.90 Å². The topological polar surface area (TPSA) is 51.0 Å². The van der Waals surface area contributed by atoms with Crippen LogP contribution in [0.5, 0.6) is 0 Å². The van der Waals surface area contributed by atoms with Gasteiger partial charge in [0.25, 0.3) is 0 Å². The summed E-state index contributed by atoms with van der Waals surface area (Å²) in [6.07, 6.45) is 1.80. The lowest BCUT2D eigenvalue weighted by molar-refractivity contribution is -0.115. The number of para-hydroxylation sites is 1. The van der Waals surface area contributed by atoms with E-state index in [-0.39, 0.29) is 11.7 Å².